The predicted molar refractivity (Wildman–Crippen MR) is 220 cm³/mol. The average molecular weight is 853 g/mol. The summed E-state index contributed by atoms with van der Waals surface area (Å²) in [6.45, 7) is 11.1. The zero-order valence-corrected chi connectivity index (χ0v) is 35.7. The van der Waals surface area contributed by atoms with Gasteiger partial charge in [0, 0.05) is 56.5 Å². The van der Waals surface area contributed by atoms with E-state index in [0.717, 1.165) is 10.5 Å². The van der Waals surface area contributed by atoms with Gasteiger partial charge < -0.3 is 24.6 Å². The Labute approximate surface area is 349 Å². The maximum absolute atomic E-state index is 14.8. The number of fused-ring (bicyclic) bond motifs is 1. The molecule has 4 amide bonds. The number of carbonyl (C=O) groups excluding carboxylic acids is 4. The summed E-state index contributed by atoms with van der Waals surface area (Å²) in [6, 6.07) is 9.63. The normalized spacial score (nSPS) is 22.2. The second-order valence-electron chi connectivity index (χ2n) is 17.4. The van der Waals surface area contributed by atoms with E-state index in [9.17, 15) is 36.4 Å². The van der Waals surface area contributed by atoms with E-state index in [0.29, 0.717) is 41.4 Å². The highest BCUT2D eigenvalue weighted by molar-refractivity contribution is 7.91. The van der Waals surface area contributed by atoms with Crippen LogP contribution in [0.25, 0.3) is 0 Å². The molecular weight excluding hydrogens is 799 g/mol. The number of pyridine rings is 1. The largest absolute Gasteiger partial charge is 0.497 e. The predicted octanol–water partition coefficient (Wildman–Crippen LogP) is 4.86. The zero-order valence-electron chi connectivity index (χ0n) is 34.9. The lowest BCUT2D eigenvalue weighted by atomic mass is 9.77. The van der Waals surface area contributed by atoms with E-state index in [1.807, 2.05) is 12.1 Å². The molecule has 1 aliphatic carbocycles. The molecule has 1 saturated carbocycles. The summed E-state index contributed by atoms with van der Waals surface area (Å²) in [5.41, 5.74) is -0.165. The van der Waals surface area contributed by atoms with E-state index in [2.05, 4.69) is 21.6 Å². The molecule has 17 heteroatoms. The van der Waals surface area contributed by atoms with Crippen molar-refractivity contribution in [2.45, 2.75) is 102 Å². The third kappa shape index (κ3) is 9.88. The summed E-state index contributed by atoms with van der Waals surface area (Å²) in [7, 11) is -2.44. The Balaban J connectivity index is 1.33. The van der Waals surface area contributed by atoms with Crippen molar-refractivity contribution in [2.75, 3.05) is 26.7 Å². The van der Waals surface area contributed by atoms with Crippen molar-refractivity contribution in [3.8, 4) is 5.75 Å². The smallest absolute Gasteiger partial charge is 0.267 e. The number of ether oxygens (including phenoxy) is 2. The first-order valence-corrected chi connectivity index (χ1v) is 21.7. The Morgan fingerprint density at radius 1 is 1.12 bits per heavy atom. The van der Waals surface area contributed by atoms with Crippen LogP contribution in [0.15, 0.2) is 72.1 Å². The number of hydrogen-bond acceptors (Lipinski definition) is 10. The number of methoxy groups -OCH3 is 1. The number of likely N-dealkylation sites (tertiary alicyclic amines) is 2. The van der Waals surface area contributed by atoms with E-state index < -0.39 is 92.7 Å². The number of alkyl halides is 2. The van der Waals surface area contributed by atoms with Crippen LogP contribution in [0, 0.1) is 17.3 Å². The van der Waals surface area contributed by atoms with Crippen LogP contribution in [0.5, 0.6) is 5.75 Å². The molecule has 14 nitrogen and oxygen atoms in total. The summed E-state index contributed by atoms with van der Waals surface area (Å²) in [6.07, 6.45) is 4.22. The number of benzene rings is 1. The van der Waals surface area contributed by atoms with Gasteiger partial charge in [-0.2, -0.15) is 0 Å². The van der Waals surface area contributed by atoms with Gasteiger partial charge in [-0.15, -0.1) is 6.58 Å². The molecule has 2 saturated heterocycles. The van der Waals surface area contributed by atoms with Gasteiger partial charge in [-0.05, 0) is 48.9 Å². The highest BCUT2D eigenvalue weighted by Gasteiger charge is 2.50. The number of amides is 4. The molecule has 0 unspecified atom stereocenters. The number of carbonyl (C=O) groups is 4. The first-order chi connectivity index (χ1) is 28.1. The van der Waals surface area contributed by atoms with Gasteiger partial charge in [-0.1, -0.05) is 45.9 Å². The molecule has 1 aromatic heterocycles. The SMILES string of the molecule is C=C[C@H](C)[C@@](C)(NC(=O)[C@@H]1C[C@@H](OC2=CC(c3ccccn3)=Nc3cc(OC)ccc3C2)CN1C(=O)[C@@H](CC(=O)N1CCC(F)(F)C1)C(C)(C)C)C(=O)NS(=O)(=O)C1CC1. The van der Waals surface area contributed by atoms with Gasteiger partial charge in [0.2, 0.25) is 27.7 Å². The number of allylic oxidation sites excluding steroid dienone is 2. The lowest BCUT2D eigenvalue weighted by Crippen LogP contribution is -2.64. The highest BCUT2D eigenvalue weighted by Crippen LogP contribution is 2.38. The van der Waals surface area contributed by atoms with Crippen molar-refractivity contribution in [1.29, 1.82) is 0 Å². The van der Waals surface area contributed by atoms with Crippen LogP contribution in [-0.2, 0) is 40.4 Å². The summed E-state index contributed by atoms with van der Waals surface area (Å²) < 4.78 is 68.3. The fourth-order valence-electron chi connectivity index (χ4n) is 7.65. The Morgan fingerprint density at radius 2 is 1.85 bits per heavy atom. The molecule has 3 fully saturated rings. The van der Waals surface area contributed by atoms with Gasteiger partial charge in [0.1, 0.15) is 29.2 Å². The van der Waals surface area contributed by atoms with Crippen molar-refractivity contribution in [1.82, 2.24) is 24.8 Å². The van der Waals surface area contributed by atoms with E-state index in [1.165, 1.54) is 17.9 Å². The molecule has 0 spiro atoms. The van der Waals surface area contributed by atoms with E-state index in [1.54, 1.807) is 71.3 Å². The molecule has 2 N–H and O–H groups in total. The Bertz CT molecular complexity index is 2190. The third-order valence-corrected chi connectivity index (χ3v) is 13.7. The van der Waals surface area contributed by atoms with E-state index in [4.69, 9.17) is 14.5 Å². The number of nitrogens with zero attached hydrogens (tertiary/aromatic N) is 4. The van der Waals surface area contributed by atoms with Crippen LogP contribution in [-0.4, -0.2) is 108 Å². The number of nitrogens with one attached hydrogen (secondary N) is 2. The fourth-order valence-corrected chi connectivity index (χ4v) is 9.05. The van der Waals surface area contributed by atoms with Gasteiger partial charge in [0.05, 0.1) is 48.5 Å². The quantitative estimate of drug-likeness (QED) is 0.252. The minimum Gasteiger partial charge on any atom is -0.497 e. The second-order valence-corrected chi connectivity index (χ2v) is 19.4. The van der Waals surface area contributed by atoms with Crippen LogP contribution in [0.3, 0.4) is 0 Å². The molecule has 1 aromatic carbocycles. The second kappa shape index (κ2) is 17.1. The van der Waals surface area contributed by atoms with Gasteiger partial charge in [0.25, 0.3) is 11.8 Å². The summed E-state index contributed by atoms with van der Waals surface area (Å²) in [5.74, 6) is -6.67. The van der Waals surface area contributed by atoms with Crippen molar-refractivity contribution >= 4 is 45.1 Å². The minimum absolute atomic E-state index is 0.0514. The molecule has 60 heavy (non-hydrogen) atoms. The molecule has 2 aromatic rings. The lowest BCUT2D eigenvalue weighted by Gasteiger charge is -2.37. The Hall–Kier alpha value is -5.19. The zero-order chi connectivity index (χ0) is 43.8. The molecule has 3 aliphatic heterocycles. The number of hydrogen-bond donors (Lipinski definition) is 2. The molecule has 5 atom stereocenters. The molecule has 324 valence electrons. The first kappa shape index (κ1) is 44.4. The summed E-state index contributed by atoms with van der Waals surface area (Å²) in [5, 5.41) is 2.06. The van der Waals surface area contributed by atoms with Gasteiger partial charge in [-0.25, -0.2) is 22.2 Å². The fraction of sp³-hybridized carbons (Fsp3) is 0.535. The molecule has 4 aliphatic rings. The average Bonchev–Trinajstić information content (AvgIpc) is 3.92. The molecule has 0 bridgehead atoms. The standard InChI is InChI=1S/C43H54F2N6O8S/c1-8-26(2)42(6,40(55)49-60(56,57)31-14-15-31)48-38(53)36-22-30(24-51(36)39(54)32(41(3,4)5)23-37(52)50-18-16-43(44,45)25-50)59-29-19-27-12-13-28(58-7)20-34(27)47-35(21-29)33-11-9-10-17-46-33/h8-13,17,20-21,26,30-32,36H,1,14-16,18-19,22-25H2,2-7H3,(H,48,53)(H,49,55)/t26-,30+,32+,36-,42+/m0/s1. The van der Waals surface area contributed by atoms with Crippen molar-refractivity contribution in [3.05, 3.63) is 78.3 Å². The number of halogens is 2. The van der Waals surface area contributed by atoms with E-state index >= 15 is 0 Å². The number of rotatable bonds is 14. The first-order valence-electron chi connectivity index (χ1n) is 20.1. The van der Waals surface area contributed by atoms with Crippen LogP contribution in [0.4, 0.5) is 14.5 Å². The van der Waals surface area contributed by atoms with Gasteiger partial charge in [0.15, 0.2) is 0 Å². The summed E-state index contributed by atoms with van der Waals surface area (Å²) >= 11 is 0. The Kier molecular flexibility index (Phi) is 12.6. The number of aliphatic imine (C=N–C) groups is 1. The maximum Gasteiger partial charge on any atom is 0.267 e. The van der Waals surface area contributed by atoms with Crippen molar-refractivity contribution in [3.63, 3.8) is 0 Å². The van der Waals surface area contributed by atoms with Crippen molar-refractivity contribution < 1.29 is 45.9 Å². The topological polar surface area (TPSA) is 177 Å². The molecular formula is C43H54F2N6O8S. The van der Waals surface area contributed by atoms with E-state index in [-0.39, 0.29) is 32.4 Å². The van der Waals surface area contributed by atoms with Gasteiger partial charge >= 0.3 is 0 Å². The molecule has 4 heterocycles. The molecule has 6 rings (SSSR count). The molecule has 0 radical (unpaired) electrons. The van der Waals surface area contributed by atoms with Gasteiger partial charge in [-0.3, -0.25) is 28.9 Å². The Morgan fingerprint density at radius 3 is 2.45 bits per heavy atom. The minimum atomic E-state index is -4.00. The summed E-state index contributed by atoms with van der Waals surface area (Å²) in [4.78, 5) is 68.5. The van der Waals surface area contributed by atoms with Crippen LogP contribution in [0.1, 0.15) is 78.0 Å². The van der Waals surface area contributed by atoms with Crippen LogP contribution in [0.2, 0.25) is 0 Å². The highest BCUT2D eigenvalue weighted by atomic mass is 32.2. The van der Waals surface area contributed by atoms with Crippen LogP contribution < -0.4 is 14.8 Å². The van der Waals surface area contributed by atoms with Crippen molar-refractivity contribution in [2.24, 2.45) is 22.2 Å². The van der Waals surface area contributed by atoms with Crippen LogP contribution >= 0.6 is 0 Å². The number of aromatic nitrogens is 1. The monoisotopic (exact) mass is 852 g/mol. The number of sulfonamides is 1. The lowest BCUT2D eigenvalue weighted by molar-refractivity contribution is -0.149. The maximum atomic E-state index is 14.8. The third-order valence-electron chi connectivity index (χ3n) is 11.9.